The Kier molecular flexibility index (Phi) is 4.28. The lowest BCUT2D eigenvalue weighted by atomic mass is 9.58. The number of ether oxygens (including phenoxy) is 1. The van der Waals surface area contributed by atoms with Gasteiger partial charge in [0.15, 0.2) is 0 Å². The fourth-order valence-electron chi connectivity index (χ4n) is 3.28. The molecule has 0 aromatic carbocycles. The summed E-state index contributed by atoms with van der Waals surface area (Å²) < 4.78 is 5.36. The van der Waals surface area contributed by atoms with E-state index in [1.54, 1.807) is 0 Å². The van der Waals surface area contributed by atoms with Gasteiger partial charge in [-0.25, -0.2) is 0 Å². The Morgan fingerprint density at radius 2 is 2.17 bits per heavy atom. The highest BCUT2D eigenvalue weighted by molar-refractivity contribution is 5.78. The smallest absolute Gasteiger partial charge is 0.223 e. The lowest BCUT2D eigenvalue weighted by molar-refractivity contribution is -0.157. The summed E-state index contributed by atoms with van der Waals surface area (Å²) in [5, 5.41) is 13.2. The van der Waals surface area contributed by atoms with Gasteiger partial charge in [-0.05, 0) is 25.7 Å². The number of hydrogen-bond donors (Lipinski definition) is 2. The Labute approximate surface area is 109 Å². The Hall–Kier alpha value is -0.610. The largest absolute Gasteiger partial charge is 0.392 e. The van der Waals surface area contributed by atoms with E-state index in [1.165, 1.54) is 0 Å². The molecule has 18 heavy (non-hydrogen) atoms. The molecule has 0 bridgehead atoms. The molecule has 104 valence electrons. The number of aliphatic hydroxyl groups is 1. The van der Waals surface area contributed by atoms with Crippen molar-refractivity contribution in [1.82, 2.24) is 5.32 Å². The van der Waals surface area contributed by atoms with E-state index >= 15 is 0 Å². The van der Waals surface area contributed by atoms with Crippen LogP contribution in [0.1, 0.15) is 46.0 Å². The molecule has 1 saturated carbocycles. The first-order valence-corrected chi connectivity index (χ1v) is 7.16. The van der Waals surface area contributed by atoms with Gasteiger partial charge in [-0.3, -0.25) is 4.79 Å². The average molecular weight is 255 g/mol. The molecule has 4 heteroatoms. The molecule has 3 atom stereocenters. The summed E-state index contributed by atoms with van der Waals surface area (Å²) in [6, 6.07) is 0.142. The molecule has 1 aliphatic carbocycles. The minimum atomic E-state index is -0.270. The second kappa shape index (κ2) is 5.57. The van der Waals surface area contributed by atoms with E-state index in [0.29, 0.717) is 19.6 Å². The molecule has 2 fully saturated rings. The molecule has 2 aliphatic rings. The maximum Gasteiger partial charge on any atom is 0.223 e. The predicted molar refractivity (Wildman–Crippen MR) is 69.1 cm³/mol. The van der Waals surface area contributed by atoms with Gasteiger partial charge in [0.05, 0.1) is 6.10 Å². The molecule has 1 unspecified atom stereocenters. The third kappa shape index (κ3) is 2.41. The first-order chi connectivity index (χ1) is 8.60. The molecule has 1 saturated heterocycles. The van der Waals surface area contributed by atoms with Crippen LogP contribution < -0.4 is 5.32 Å². The quantitative estimate of drug-likeness (QED) is 0.799. The minimum Gasteiger partial charge on any atom is -0.392 e. The number of carbonyl (C=O) groups is 1. The van der Waals surface area contributed by atoms with Gasteiger partial charge in [0.1, 0.15) is 0 Å². The molecule has 1 heterocycles. The maximum absolute atomic E-state index is 12.0. The van der Waals surface area contributed by atoms with Crippen LogP contribution in [0.2, 0.25) is 0 Å². The lowest BCUT2D eigenvalue weighted by Crippen LogP contribution is -2.66. The third-order valence-electron chi connectivity index (χ3n) is 4.73. The number of nitrogens with one attached hydrogen (secondary N) is 1. The van der Waals surface area contributed by atoms with E-state index in [2.05, 4.69) is 12.2 Å². The van der Waals surface area contributed by atoms with Gasteiger partial charge in [-0.15, -0.1) is 0 Å². The van der Waals surface area contributed by atoms with Gasteiger partial charge in [0.25, 0.3) is 0 Å². The standard InChI is InChI=1S/C14H25NO3/c1-3-4-10(2)13(17)15-11-9-12(16)14(11)5-7-18-8-6-14/h10-12,16H,3-9H2,1-2H3,(H,15,17)/t10?,11-,12-/m1/s1. The van der Waals surface area contributed by atoms with Crippen molar-refractivity contribution in [2.24, 2.45) is 11.3 Å². The number of carbonyl (C=O) groups excluding carboxylic acids is 1. The molecule has 1 aliphatic heterocycles. The molecule has 2 N–H and O–H groups in total. The average Bonchev–Trinajstić information content (AvgIpc) is 2.39. The lowest BCUT2D eigenvalue weighted by Gasteiger charge is -2.55. The van der Waals surface area contributed by atoms with Crippen LogP contribution in [0, 0.1) is 11.3 Å². The fraction of sp³-hybridized carbons (Fsp3) is 0.929. The third-order valence-corrected chi connectivity index (χ3v) is 4.73. The van der Waals surface area contributed by atoms with E-state index in [9.17, 15) is 9.90 Å². The van der Waals surface area contributed by atoms with Crippen LogP contribution in [0.4, 0.5) is 0 Å². The number of hydrogen-bond acceptors (Lipinski definition) is 3. The van der Waals surface area contributed by atoms with Crippen molar-refractivity contribution in [3.05, 3.63) is 0 Å². The van der Waals surface area contributed by atoms with E-state index < -0.39 is 0 Å². The van der Waals surface area contributed by atoms with Crippen LogP contribution >= 0.6 is 0 Å². The van der Waals surface area contributed by atoms with Crippen LogP contribution in [0.25, 0.3) is 0 Å². The van der Waals surface area contributed by atoms with E-state index in [4.69, 9.17) is 4.74 Å². The second-order valence-electron chi connectivity index (χ2n) is 5.85. The van der Waals surface area contributed by atoms with Gasteiger partial charge in [0, 0.05) is 30.6 Å². The summed E-state index contributed by atoms with van der Waals surface area (Å²) in [6.07, 6.45) is 4.11. The van der Waals surface area contributed by atoms with Gasteiger partial charge in [-0.1, -0.05) is 20.3 Å². The Morgan fingerprint density at radius 1 is 1.50 bits per heavy atom. The van der Waals surface area contributed by atoms with E-state index in [0.717, 1.165) is 25.7 Å². The summed E-state index contributed by atoms with van der Waals surface area (Å²) in [4.78, 5) is 12.0. The Balaban J connectivity index is 1.91. The van der Waals surface area contributed by atoms with Crippen molar-refractivity contribution in [3.63, 3.8) is 0 Å². The second-order valence-corrected chi connectivity index (χ2v) is 5.85. The molecular formula is C14H25NO3. The monoisotopic (exact) mass is 255 g/mol. The Bertz CT molecular complexity index is 299. The molecule has 0 radical (unpaired) electrons. The van der Waals surface area contributed by atoms with Crippen molar-refractivity contribution in [3.8, 4) is 0 Å². The zero-order valence-electron chi connectivity index (χ0n) is 11.4. The Morgan fingerprint density at radius 3 is 2.72 bits per heavy atom. The summed E-state index contributed by atoms with van der Waals surface area (Å²) >= 11 is 0. The SMILES string of the molecule is CCCC(C)C(=O)N[C@@H]1C[C@@H](O)C12CCOCC2. The van der Waals surface area contributed by atoms with Crippen LogP contribution in [-0.4, -0.2) is 36.4 Å². The molecule has 1 spiro atoms. The predicted octanol–water partition coefficient (Wildman–Crippen LogP) is 1.47. The van der Waals surface area contributed by atoms with E-state index in [-0.39, 0.29) is 29.4 Å². The fourth-order valence-corrected chi connectivity index (χ4v) is 3.28. The normalized spacial score (nSPS) is 31.7. The van der Waals surface area contributed by atoms with Crippen LogP contribution in [0.5, 0.6) is 0 Å². The van der Waals surface area contributed by atoms with E-state index in [1.807, 2.05) is 6.92 Å². The van der Waals surface area contributed by atoms with Crippen molar-refractivity contribution < 1.29 is 14.6 Å². The highest BCUT2D eigenvalue weighted by Crippen LogP contribution is 2.49. The molecule has 4 nitrogen and oxygen atoms in total. The van der Waals surface area contributed by atoms with Gasteiger partial charge in [-0.2, -0.15) is 0 Å². The van der Waals surface area contributed by atoms with Crippen molar-refractivity contribution in [1.29, 1.82) is 0 Å². The number of aliphatic hydroxyl groups excluding tert-OH is 1. The summed E-state index contributed by atoms with van der Waals surface area (Å²) in [6.45, 7) is 5.48. The van der Waals surface area contributed by atoms with Crippen LogP contribution in [-0.2, 0) is 9.53 Å². The maximum atomic E-state index is 12.0. The van der Waals surface area contributed by atoms with Crippen molar-refractivity contribution >= 4 is 5.91 Å². The molecular weight excluding hydrogens is 230 g/mol. The molecule has 0 aromatic heterocycles. The zero-order chi connectivity index (χ0) is 13.2. The topological polar surface area (TPSA) is 58.6 Å². The summed E-state index contributed by atoms with van der Waals surface area (Å²) in [5.41, 5.74) is -0.111. The van der Waals surface area contributed by atoms with Gasteiger partial charge >= 0.3 is 0 Å². The molecule has 2 rings (SSSR count). The van der Waals surface area contributed by atoms with Crippen molar-refractivity contribution in [2.45, 2.75) is 58.1 Å². The van der Waals surface area contributed by atoms with Gasteiger partial charge in [0.2, 0.25) is 5.91 Å². The van der Waals surface area contributed by atoms with Crippen LogP contribution in [0.15, 0.2) is 0 Å². The number of rotatable bonds is 4. The first-order valence-electron chi connectivity index (χ1n) is 7.16. The van der Waals surface area contributed by atoms with Crippen LogP contribution in [0.3, 0.4) is 0 Å². The molecule has 0 aromatic rings. The van der Waals surface area contributed by atoms with Crippen molar-refractivity contribution in [2.75, 3.05) is 13.2 Å². The number of amides is 1. The molecule has 1 amide bonds. The summed E-state index contributed by atoms with van der Waals surface area (Å²) in [5.74, 6) is 0.212. The zero-order valence-corrected chi connectivity index (χ0v) is 11.4. The van der Waals surface area contributed by atoms with Gasteiger partial charge < -0.3 is 15.2 Å². The summed E-state index contributed by atoms with van der Waals surface area (Å²) in [7, 11) is 0. The highest BCUT2D eigenvalue weighted by atomic mass is 16.5. The first kappa shape index (κ1) is 13.8. The highest BCUT2D eigenvalue weighted by Gasteiger charge is 2.55. The minimum absolute atomic E-state index is 0.0737.